The predicted molar refractivity (Wildman–Crippen MR) is 87.9 cm³/mol. The van der Waals surface area contributed by atoms with Gasteiger partial charge >= 0.3 is 5.97 Å². The Labute approximate surface area is 135 Å². The first kappa shape index (κ1) is 19.6. The average Bonchev–Trinajstić information content (AvgIpc) is 2.39. The van der Waals surface area contributed by atoms with Gasteiger partial charge < -0.3 is 19.0 Å². The van der Waals surface area contributed by atoms with Gasteiger partial charge in [0.15, 0.2) is 14.6 Å². The quantitative estimate of drug-likeness (QED) is 0.633. The van der Waals surface area contributed by atoms with E-state index in [9.17, 15) is 9.90 Å². The van der Waals surface area contributed by atoms with Gasteiger partial charge in [-0.05, 0) is 18.1 Å². The van der Waals surface area contributed by atoms with Crippen LogP contribution in [-0.2, 0) is 18.7 Å². The van der Waals surface area contributed by atoms with Gasteiger partial charge in [-0.3, -0.25) is 4.79 Å². The monoisotopic (exact) mass is 332 g/mol. The van der Waals surface area contributed by atoms with Crippen molar-refractivity contribution < 1.29 is 23.8 Å². The van der Waals surface area contributed by atoms with E-state index in [1.807, 2.05) is 13.8 Å². The largest absolute Gasteiger partial charge is 0.469 e. The van der Waals surface area contributed by atoms with Crippen LogP contribution in [0.5, 0.6) is 0 Å². The summed E-state index contributed by atoms with van der Waals surface area (Å²) in [5.41, 5.74) is 0. The molecule has 1 rings (SSSR count). The van der Waals surface area contributed by atoms with Crippen LogP contribution in [0.1, 0.15) is 41.0 Å². The molecule has 6 heteroatoms. The second-order valence-electron chi connectivity index (χ2n) is 7.91. The Hall–Kier alpha value is -0.433. The Morgan fingerprint density at radius 3 is 2.23 bits per heavy atom. The molecule has 1 aliphatic rings. The van der Waals surface area contributed by atoms with E-state index in [1.165, 1.54) is 7.11 Å². The maximum Gasteiger partial charge on any atom is 0.308 e. The molecule has 22 heavy (non-hydrogen) atoms. The van der Waals surface area contributed by atoms with Gasteiger partial charge in [0, 0.05) is 11.8 Å². The number of carbonyl (C=O) groups excluding carboxylic acids is 1. The van der Waals surface area contributed by atoms with Gasteiger partial charge in [-0.2, -0.15) is 0 Å². The fourth-order valence-electron chi connectivity index (χ4n) is 2.49. The number of esters is 1. The maximum absolute atomic E-state index is 11.5. The van der Waals surface area contributed by atoms with Gasteiger partial charge in [-0.1, -0.05) is 34.6 Å². The third-order valence-corrected chi connectivity index (χ3v) is 9.69. The Balaban J connectivity index is 2.93. The van der Waals surface area contributed by atoms with Gasteiger partial charge in [-0.15, -0.1) is 0 Å². The average molecular weight is 333 g/mol. The van der Waals surface area contributed by atoms with Crippen molar-refractivity contribution in [3.63, 3.8) is 0 Å². The minimum absolute atomic E-state index is 0.0200. The molecule has 1 saturated heterocycles. The summed E-state index contributed by atoms with van der Waals surface area (Å²) in [5.74, 6) is -0.436. The molecule has 1 aliphatic heterocycles. The minimum atomic E-state index is -1.97. The van der Waals surface area contributed by atoms with Crippen LogP contribution < -0.4 is 0 Å². The summed E-state index contributed by atoms with van der Waals surface area (Å²) >= 11 is 0. The highest BCUT2D eigenvalue weighted by atomic mass is 28.4. The van der Waals surface area contributed by atoms with Crippen molar-refractivity contribution in [3.05, 3.63) is 0 Å². The molecule has 0 aliphatic carbocycles. The van der Waals surface area contributed by atoms with Crippen molar-refractivity contribution >= 4 is 14.3 Å². The highest BCUT2D eigenvalue weighted by molar-refractivity contribution is 6.74. The Kier molecular flexibility index (Phi) is 6.23. The molecule has 0 aromatic heterocycles. The lowest BCUT2D eigenvalue weighted by molar-refractivity contribution is -0.240. The molecule has 5 atom stereocenters. The lowest BCUT2D eigenvalue weighted by Gasteiger charge is -2.48. The van der Waals surface area contributed by atoms with E-state index in [-0.39, 0.29) is 41.5 Å². The van der Waals surface area contributed by atoms with Crippen LogP contribution in [0, 0.1) is 11.8 Å². The number of methoxy groups -OCH3 is 1. The molecule has 1 unspecified atom stereocenters. The second-order valence-corrected chi connectivity index (χ2v) is 12.7. The second kappa shape index (κ2) is 6.99. The molecule has 0 amide bonds. The molecule has 1 N–H and O–H groups in total. The number of hydrogen-bond acceptors (Lipinski definition) is 5. The van der Waals surface area contributed by atoms with Crippen molar-refractivity contribution in [2.75, 3.05) is 7.11 Å². The van der Waals surface area contributed by atoms with Crippen molar-refractivity contribution in [1.29, 1.82) is 0 Å². The van der Waals surface area contributed by atoms with Crippen LogP contribution in [0.2, 0.25) is 18.1 Å². The number of ether oxygens (including phenoxy) is 2. The Morgan fingerprint density at radius 1 is 1.23 bits per heavy atom. The summed E-state index contributed by atoms with van der Waals surface area (Å²) in [6.07, 6.45) is -1.29. The van der Waals surface area contributed by atoms with Gasteiger partial charge in [0.1, 0.15) is 0 Å². The molecular weight excluding hydrogens is 300 g/mol. The van der Waals surface area contributed by atoms with Crippen molar-refractivity contribution in [2.24, 2.45) is 11.8 Å². The third-order valence-electron chi connectivity index (χ3n) is 5.22. The third kappa shape index (κ3) is 4.31. The molecule has 0 aromatic rings. The zero-order valence-corrected chi connectivity index (χ0v) is 16.2. The standard InChI is InChI=1S/C16H32O5Si/c1-10-12(9-13(17)19-6)20-15(18)11(2)14(10)21-22(7,8)16(3,4)5/h10-12,14-15,18H,9H2,1-8H3/t10-,11+,12+,14-,15?/m0/s1. The summed E-state index contributed by atoms with van der Waals surface area (Å²) in [5, 5.41) is 10.3. The maximum atomic E-state index is 11.5. The van der Waals surface area contributed by atoms with E-state index < -0.39 is 14.6 Å². The molecule has 0 radical (unpaired) electrons. The Morgan fingerprint density at radius 2 is 1.77 bits per heavy atom. The lowest BCUT2D eigenvalue weighted by atomic mass is 9.85. The molecule has 0 spiro atoms. The smallest absolute Gasteiger partial charge is 0.308 e. The molecule has 0 aromatic carbocycles. The predicted octanol–water partition coefficient (Wildman–Crippen LogP) is 2.93. The summed E-state index contributed by atoms with van der Waals surface area (Å²) in [6.45, 7) is 14.9. The highest BCUT2D eigenvalue weighted by Crippen LogP contribution is 2.42. The number of carbonyl (C=O) groups is 1. The van der Waals surface area contributed by atoms with E-state index in [0.717, 1.165) is 0 Å². The normalized spacial score (nSPS) is 33.6. The van der Waals surface area contributed by atoms with Gasteiger partial charge in [0.25, 0.3) is 0 Å². The summed E-state index contributed by atoms with van der Waals surface area (Å²) in [6, 6.07) is 0. The molecule has 130 valence electrons. The van der Waals surface area contributed by atoms with Crippen molar-refractivity contribution in [1.82, 2.24) is 0 Å². The lowest BCUT2D eigenvalue weighted by Crippen LogP contribution is -2.55. The van der Waals surface area contributed by atoms with Crippen LogP contribution in [0.25, 0.3) is 0 Å². The Bertz CT molecular complexity index is 390. The van der Waals surface area contributed by atoms with Gasteiger partial charge in [-0.25, -0.2) is 0 Å². The van der Waals surface area contributed by atoms with Crippen LogP contribution in [0.15, 0.2) is 0 Å². The van der Waals surface area contributed by atoms with Crippen LogP contribution in [0.4, 0.5) is 0 Å². The first-order valence-corrected chi connectivity index (χ1v) is 10.9. The van der Waals surface area contributed by atoms with E-state index in [2.05, 4.69) is 33.9 Å². The topological polar surface area (TPSA) is 65.0 Å². The van der Waals surface area contributed by atoms with E-state index in [0.29, 0.717) is 0 Å². The first-order chi connectivity index (χ1) is 9.90. The van der Waals surface area contributed by atoms with Crippen molar-refractivity contribution in [3.8, 4) is 0 Å². The van der Waals surface area contributed by atoms with Crippen LogP contribution in [0.3, 0.4) is 0 Å². The SMILES string of the molecule is COC(=O)C[C@H]1OC(O)[C@H](C)[C@@H](O[Si](C)(C)C(C)(C)C)[C@H]1C. The zero-order valence-electron chi connectivity index (χ0n) is 15.2. The van der Waals surface area contributed by atoms with Gasteiger partial charge in [0.2, 0.25) is 0 Å². The number of hydrogen-bond donors (Lipinski definition) is 1. The van der Waals surface area contributed by atoms with E-state index in [4.69, 9.17) is 13.9 Å². The van der Waals surface area contributed by atoms with Gasteiger partial charge in [0.05, 0.1) is 25.7 Å². The highest BCUT2D eigenvalue weighted by Gasteiger charge is 2.47. The molecule has 1 fully saturated rings. The molecule has 5 nitrogen and oxygen atoms in total. The number of aliphatic hydroxyl groups excluding tert-OH is 1. The van der Waals surface area contributed by atoms with E-state index in [1.54, 1.807) is 0 Å². The van der Waals surface area contributed by atoms with Crippen molar-refractivity contribution in [2.45, 2.75) is 77.7 Å². The molecule has 1 heterocycles. The fraction of sp³-hybridized carbons (Fsp3) is 0.938. The first-order valence-electron chi connectivity index (χ1n) is 7.99. The molecule has 0 bridgehead atoms. The van der Waals surface area contributed by atoms with Crippen LogP contribution in [-0.4, -0.2) is 45.0 Å². The molecule has 0 saturated carbocycles. The fourth-order valence-corrected chi connectivity index (χ4v) is 3.96. The molecular formula is C16H32O5Si. The van der Waals surface area contributed by atoms with Crippen LogP contribution >= 0.6 is 0 Å². The summed E-state index contributed by atoms with van der Waals surface area (Å²) < 4.78 is 16.9. The summed E-state index contributed by atoms with van der Waals surface area (Å²) in [7, 11) is -0.607. The zero-order chi connectivity index (χ0) is 17.3. The van der Waals surface area contributed by atoms with E-state index >= 15 is 0 Å². The number of rotatable bonds is 4. The summed E-state index contributed by atoms with van der Waals surface area (Å²) in [4.78, 5) is 11.5. The number of aliphatic hydroxyl groups is 1. The minimum Gasteiger partial charge on any atom is -0.469 e.